The van der Waals surface area contributed by atoms with E-state index < -0.39 is 11.9 Å². The molecule has 1 fully saturated rings. The number of aromatic nitrogens is 1. The second kappa shape index (κ2) is 10.1. The Balaban J connectivity index is 1.42. The van der Waals surface area contributed by atoms with Crippen LogP contribution in [0.5, 0.6) is 5.75 Å². The first kappa shape index (κ1) is 24.5. The molecule has 2 aromatic carbocycles. The number of allylic oxidation sites excluding steroid dienone is 3. The zero-order valence-corrected chi connectivity index (χ0v) is 21.7. The Bertz CT molecular complexity index is 1460. The number of para-hydroxylation sites is 1. The van der Waals surface area contributed by atoms with Gasteiger partial charge in [0, 0.05) is 58.9 Å². The summed E-state index contributed by atoms with van der Waals surface area (Å²) in [4.78, 5) is 30.9. The molecule has 3 heterocycles. The van der Waals surface area contributed by atoms with E-state index in [9.17, 15) is 9.59 Å². The van der Waals surface area contributed by atoms with Gasteiger partial charge in [-0.25, -0.2) is 4.79 Å². The highest BCUT2D eigenvalue weighted by atomic mass is 16.6. The molecule has 1 aliphatic carbocycles. The number of rotatable bonds is 6. The first-order valence-electron chi connectivity index (χ1n) is 13.3. The molecule has 0 bridgehead atoms. The molecule has 7 nitrogen and oxygen atoms in total. The van der Waals surface area contributed by atoms with E-state index in [0.29, 0.717) is 36.3 Å². The van der Waals surface area contributed by atoms with Crippen LogP contribution in [0, 0.1) is 0 Å². The van der Waals surface area contributed by atoms with Gasteiger partial charge < -0.3 is 24.5 Å². The number of aromatic amines is 1. The zero-order chi connectivity index (χ0) is 26.2. The predicted octanol–water partition coefficient (Wildman–Crippen LogP) is 5.26. The lowest BCUT2D eigenvalue weighted by molar-refractivity contribution is -0.142. The van der Waals surface area contributed by atoms with Crippen LogP contribution < -0.4 is 10.1 Å². The molecule has 0 saturated carbocycles. The Hall–Kier alpha value is -3.84. The Morgan fingerprint density at radius 2 is 1.92 bits per heavy atom. The predicted molar refractivity (Wildman–Crippen MR) is 144 cm³/mol. The Morgan fingerprint density at radius 1 is 1.08 bits per heavy atom. The first-order chi connectivity index (χ1) is 18.5. The molecule has 0 amide bonds. The second-order valence-corrected chi connectivity index (χ2v) is 10.3. The van der Waals surface area contributed by atoms with Gasteiger partial charge in [-0.2, -0.15) is 0 Å². The number of carbonyl (C=O) groups is 2. The van der Waals surface area contributed by atoms with Gasteiger partial charge in [0.15, 0.2) is 5.78 Å². The van der Waals surface area contributed by atoms with Crippen LogP contribution in [-0.4, -0.2) is 43.2 Å². The summed E-state index contributed by atoms with van der Waals surface area (Å²) in [5, 5.41) is 4.43. The first-order valence-corrected chi connectivity index (χ1v) is 13.3. The Labute approximate surface area is 221 Å². The van der Waals surface area contributed by atoms with E-state index in [1.807, 2.05) is 61.7 Å². The molecule has 0 unspecified atom stereocenters. The second-order valence-electron chi connectivity index (χ2n) is 10.3. The summed E-state index contributed by atoms with van der Waals surface area (Å²) in [5.74, 6) is -0.133. The number of benzene rings is 2. The number of esters is 1. The summed E-state index contributed by atoms with van der Waals surface area (Å²) < 4.78 is 17.1. The third-order valence-electron chi connectivity index (χ3n) is 7.99. The highest BCUT2D eigenvalue weighted by Crippen LogP contribution is 2.48. The van der Waals surface area contributed by atoms with Crippen molar-refractivity contribution in [2.45, 2.75) is 50.5 Å². The lowest BCUT2D eigenvalue weighted by atomic mass is 9.71. The number of Topliss-reactive ketones (excluding diaryl/α,β-unsaturated/α-hetero) is 1. The molecule has 2 aliphatic heterocycles. The van der Waals surface area contributed by atoms with Crippen molar-refractivity contribution in [2.75, 3.05) is 20.3 Å². The van der Waals surface area contributed by atoms with Crippen molar-refractivity contribution in [3.63, 3.8) is 0 Å². The van der Waals surface area contributed by atoms with Gasteiger partial charge in [-0.3, -0.25) is 4.79 Å². The van der Waals surface area contributed by atoms with Gasteiger partial charge in [-0.1, -0.05) is 30.3 Å². The minimum absolute atomic E-state index is 0.0191. The SMILES string of the molecule is COc1ccccc1[C@H]1CC(=O)C2=C(C1)NC(C)=C(C(=O)OC[C@H]1CCCO1)[C@H]2c1cccc2[nH]ccc12. The van der Waals surface area contributed by atoms with E-state index in [1.54, 1.807) is 7.11 Å². The lowest BCUT2D eigenvalue weighted by Crippen LogP contribution is -2.36. The molecule has 3 aromatic rings. The molecule has 1 aromatic heterocycles. The summed E-state index contributed by atoms with van der Waals surface area (Å²) in [6.45, 7) is 2.81. The standard InChI is InChI=1S/C31H32N2O5/c1-18-28(31(35)38-17-20-7-6-14-37-20)29(23-9-5-10-24-22(23)12-13-32-24)30-25(33-18)15-19(16-26(30)34)21-8-3-4-11-27(21)36-2/h3-5,8-13,19-20,29,32-33H,6-7,14-17H2,1-2H3/t19-,20-,29-/m1/s1. The number of hydrogen-bond donors (Lipinski definition) is 2. The van der Waals surface area contributed by atoms with Crippen LogP contribution in [-0.2, 0) is 19.1 Å². The Kier molecular flexibility index (Phi) is 6.54. The average molecular weight is 513 g/mol. The normalized spacial score (nSPS) is 23.4. The smallest absolute Gasteiger partial charge is 0.336 e. The number of methoxy groups -OCH3 is 1. The maximum atomic E-state index is 14.0. The van der Waals surface area contributed by atoms with Crippen molar-refractivity contribution in [2.24, 2.45) is 0 Å². The number of ether oxygens (including phenoxy) is 3. The summed E-state index contributed by atoms with van der Waals surface area (Å²) in [6.07, 6.45) is 4.66. The van der Waals surface area contributed by atoms with Crippen molar-refractivity contribution in [3.05, 3.63) is 88.4 Å². The van der Waals surface area contributed by atoms with Crippen LogP contribution in [0.15, 0.2) is 77.3 Å². The van der Waals surface area contributed by atoms with Crippen LogP contribution in [0.1, 0.15) is 55.6 Å². The number of ketones is 1. The number of H-pyrrole nitrogens is 1. The van der Waals surface area contributed by atoms with Gasteiger partial charge in [0.25, 0.3) is 0 Å². The van der Waals surface area contributed by atoms with Crippen molar-refractivity contribution >= 4 is 22.7 Å². The van der Waals surface area contributed by atoms with E-state index in [4.69, 9.17) is 14.2 Å². The van der Waals surface area contributed by atoms with Gasteiger partial charge in [0.1, 0.15) is 12.4 Å². The zero-order valence-electron chi connectivity index (χ0n) is 21.7. The summed E-state index contributed by atoms with van der Waals surface area (Å²) in [5.41, 5.74) is 5.62. The molecule has 0 spiro atoms. The number of nitrogens with one attached hydrogen (secondary N) is 2. The van der Waals surface area contributed by atoms with E-state index in [2.05, 4.69) is 10.3 Å². The molecule has 3 atom stereocenters. The lowest BCUT2D eigenvalue weighted by Gasteiger charge is -2.37. The van der Waals surface area contributed by atoms with Crippen LogP contribution in [0.3, 0.4) is 0 Å². The number of fused-ring (bicyclic) bond motifs is 1. The van der Waals surface area contributed by atoms with Gasteiger partial charge in [0.05, 0.1) is 18.8 Å². The quantitative estimate of drug-likeness (QED) is 0.438. The molecule has 0 radical (unpaired) electrons. The monoisotopic (exact) mass is 512 g/mol. The van der Waals surface area contributed by atoms with Crippen molar-refractivity contribution in [1.82, 2.24) is 10.3 Å². The molecule has 1 saturated heterocycles. The topological polar surface area (TPSA) is 89.7 Å². The molecular formula is C31H32N2O5. The van der Waals surface area contributed by atoms with Crippen molar-refractivity contribution in [3.8, 4) is 5.75 Å². The highest BCUT2D eigenvalue weighted by Gasteiger charge is 2.42. The maximum absolute atomic E-state index is 14.0. The maximum Gasteiger partial charge on any atom is 0.336 e. The van der Waals surface area contributed by atoms with Gasteiger partial charge in [-0.15, -0.1) is 0 Å². The molecular weight excluding hydrogens is 480 g/mol. The summed E-state index contributed by atoms with van der Waals surface area (Å²) in [7, 11) is 1.65. The van der Waals surface area contributed by atoms with Crippen LogP contribution in [0.4, 0.5) is 0 Å². The van der Waals surface area contributed by atoms with E-state index in [0.717, 1.165) is 46.3 Å². The number of carbonyl (C=O) groups excluding carboxylic acids is 2. The summed E-state index contributed by atoms with van der Waals surface area (Å²) >= 11 is 0. The number of hydrogen-bond acceptors (Lipinski definition) is 6. The fourth-order valence-corrected chi connectivity index (χ4v) is 6.23. The molecule has 3 aliphatic rings. The molecule has 7 heteroatoms. The van der Waals surface area contributed by atoms with Crippen molar-refractivity contribution < 1.29 is 23.8 Å². The highest BCUT2D eigenvalue weighted by molar-refractivity contribution is 6.05. The van der Waals surface area contributed by atoms with Crippen LogP contribution in [0.25, 0.3) is 10.9 Å². The fourth-order valence-electron chi connectivity index (χ4n) is 6.23. The van der Waals surface area contributed by atoms with Gasteiger partial charge in [-0.05, 0) is 55.5 Å². The third-order valence-corrected chi connectivity index (χ3v) is 7.99. The minimum atomic E-state index is -0.520. The fraction of sp³-hybridized carbons (Fsp3) is 0.355. The minimum Gasteiger partial charge on any atom is -0.496 e. The van der Waals surface area contributed by atoms with E-state index in [1.165, 1.54) is 0 Å². The largest absolute Gasteiger partial charge is 0.496 e. The summed E-state index contributed by atoms with van der Waals surface area (Å²) in [6, 6.07) is 15.8. The molecule has 2 N–H and O–H groups in total. The van der Waals surface area contributed by atoms with E-state index >= 15 is 0 Å². The molecule has 38 heavy (non-hydrogen) atoms. The van der Waals surface area contributed by atoms with Gasteiger partial charge >= 0.3 is 5.97 Å². The molecule has 6 rings (SSSR count). The number of dihydropyridines is 1. The van der Waals surface area contributed by atoms with Crippen molar-refractivity contribution in [1.29, 1.82) is 0 Å². The van der Waals surface area contributed by atoms with Gasteiger partial charge in [0.2, 0.25) is 0 Å². The third kappa shape index (κ3) is 4.31. The average Bonchev–Trinajstić information content (AvgIpc) is 3.63. The van der Waals surface area contributed by atoms with E-state index in [-0.39, 0.29) is 24.4 Å². The van der Waals surface area contributed by atoms with Crippen LogP contribution in [0.2, 0.25) is 0 Å². The van der Waals surface area contributed by atoms with Crippen LogP contribution >= 0.6 is 0 Å². The molecule has 196 valence electrons. The Morgan fingerprint density at radius 3 is 2.74 bits per heavy atom.